The fourth-order valence-corrected chi connectivity index (χ4v) is 3.17. The highest BCUT2D eigenvalue weighted by Gasteiger charge is 2.50. The molecule has 1 heterocycles. The molecule has 6 nitrogen and oxygen atoms in total. The number of amides is 2. The van der Waals surface area contributed by atoms with E-state index in [1.807, 2.05) is 49.4 Å². The molecule has 0 bridgehead atoms. The van der Waals surface area contributed by atoms with Crippen molar-refractivity contribution in [1.82, 2.24) is 5.32 Å². The molecule has 2 amide bonds. The molecular weight excluding hydrogens is 344 g/mol. The van der Waals surface area contributed by atoms with Gasteiger partial charge in [0.1, 0.15) is 11.5 Å². The molecule has 1 unspecified atom stereocenters. The number of carbonyl (C=O) groups excluding carboxylic acids is 2. The lowest BCUT2D eigenvalue weighted by Crippen LogP contribution is -2.62. The van der Waals surface area contributed by atoms with Crippen LogP contribution in [-0.4, -0.2) is 37.6 Å². The SMILES string of the molecule is CCN1C(=O)C(C)(C(=O)NCCc2cccc(OC)c2)Oc2ccccc21. The lowest BCUT2D eigenvalue weighted by molar-refractivity contribution is -0.148. The number of ether oxygens (including phenoxy) is 2. The summed E-state index contributed by atoms with van der Waals surface area (Å²) in [5.74, 6) is 0.502. The smallest absolute Gasteiger partial charge is 0.280 e. The Balaban J connectivity index is 1.71. The first kappa shape index (κ1) is 18.8. The van der Waals surface area contributed by atoms with Crippen LogP contribution >= 0.6 is 0 Å². The number of carbonyl (C=O) groups is 2. The van der Waals surface area contributed by atoms with Crippen LogP contribution in [0.4, 0.5) is 5.69 Å². The second kappa shape index (κ2) is 7.70. The van der Waals surface area contributed by atoms with Crippen LogP contribution in [0.1, 0.15) is 19.4 Å². The number of nitrogens with zero attached hydrogens (tertiary/aromatic N) is 1. The van der Waals surface area contributed by atoms with E-state index in [1.54, 1.807) is 18.1 Å². The molecule has 1 atom stereocenters. The zero-order valence-corrected chi connectivity index (χ0v) is 15.8. The summed E-state index contributed by atoms with van der Waals surface area (Å²) in [6, 6.07) is 14.9. The quantitative estimate of drug-likeness (QED) is 0.796. The summed E-state index contributed by atoms with van der Waals surface area (Å²) >= 11 is 0. The second-order valence-corrected chi connectivity index (χ2v) is 6.51. The van der Waals surface area contributed by atoms with Crippen molar-refractivity contribution in [2.45, 2.75) is 25.9 Å². The summed E-state index contributed by atoms with van der Waals surface area (Å²) in [7, 11) is 1.62. The first-order chi connectivity index (χ1) is 13.0. The summed E-state index contributed by atoms with van der Waals surface area (Å²) in [5.41, 5.74) is 0.140. The van der Waals surface area contributed by atoms with Crippen molar-refractivity contribution in [2.75, 3.05) is 25.1 Å². The summed E-state index contributed by atoms with van der Waals surface area (Å²) in [6.07, 6.45) is 0.626. The van der Waals surface area contributed by atoms with Gasteiger partial charge in [0.25, 0.3) is 17.4 Å². The molecular formula is C21H24N2O4. The predicted octanol–water partition coefficient (Wildman–Crippen LogP) is 2.56. The minimum atomic E-state index is -1.58. The van der Waals surface area contributed by atoms with Crippen LogP contribution in [-0.2, 0) is 16.0 Å². The molecule has 1 N–H and O–H groups in total. The second-order valence-electron chi connectivity index (χ2n) is 6.51. The van der Waals surface area contributed by atoms with Gasteiger partial charge in [-0.05, 0) is 50.1 Å². The molecule has 0 fully saturated rings. The summed E-state index contributed by atoms with van der Waals surface area (Å²) in [4.78, 5) is 27.3. The molecule has 0 radical (unpaired) electrons. The molecule has 27 heavy (non-hydrogen) atoms. The standard InChI is InChI=1S/C21H24N2O4/c1-4-23-17-10-5-6-11-18(17)27-21(2,20(23)25)19(24)22-13-12-15-8-7-9-16(14-15)26-3/h5-11,14H,4,12-13H2,1-3H3,(H,22,24). The van der Waals surface area contributed by atoms with E-state index in [2.05, 4.69) is 5.32 Å². The van der Waals surface area contributed by atoms with Gasteiger partial charge in [0.15, 0.2) is 0 Å². The van der Waals surface area contributed by atoms with E-state index >= 15 is 0 Å². The Morgan fingerprint density at radius 3 is 2.74 bits per heavy atom. The Kier molecular flexibility index (Phi) is 5.35. The Bertz CT molecular complexity index is 852. The van der Waals surface area contributed by atoms with Crippen molar-refractivity contribution < 1.29 is 19.1 Å². The highest BCUT2D eigenvalue weighted by Crippen LogP contribution is 2.37. The first-order valence-corrected chi connectivity index (χ1v) is 9.01. The lowest BCUT2D eigenvalue weighted by atomic mass is 9.99. The number of rotatable bonds is 6. The number of likely N-dealkylation sites (N-methyl/N-ethyl adjacent to an activating group) is 1. The van der Waals surface area contributed by atoms with Gasteiger partial charge in [0, 0.05) is 13.1 Å². The van der Waals surface area contributed by atoms with Gasteiger partial charge in [-0.1, -0.05) is 24.3 Å². The van der Waals surface area contributed by atoms with Gasteiger partial charge in [0.2, 0.25) is 0 Å². The third-order valence-electron chi connectivity index (χ3n) is 4.71. The number of benzene rings is 2. The zero-order valence-electron chi connectivity index (χ0n) is 15.8. The normalized spacial score (nSPS) is 18.5. The number of hydrogen-bond donors (Lipinski definition) is 1. The Morgan fingerprint density at radius 2 is 2.00 bits per heavy atom. The van der Waals surface area contributed by atoms with Crippen LogP contribution in [0.2, 0.25) is 0 Å². The maximum Gasteiger partial charge on any atom is 0.280 e. The minimum absolute atomic E-state index is 0.359. The summed E-state index contributed by atoms with van der Waals surface area (Å²) < 4.78 is 11.0. The molecule has 6 heteroatoms. The number of anilines is 1. The van der Waals surface area contributed by atoms with Crippen molar-refractivity contribution in [3.05, 3.63) is 54.1 Å². The van der Waals surface area contributed by atoms with E-state index in [-0.39, 0.29) is 5.91 Å². The summed E-state index contributed by atoms with van der Waals surface area (Å²) in [5, 5.41) is 2.83. The Morgan fingerprint density at radius 1 is 1.22 bits per heavy atom. The average Bonchev–Trinajstić information content (AvgIpc) is 2.69. The number of methoxy groups -OCH3 is 1. The van der Waals surface area contributed by atoms with Crippen LogP contribution < -0.4 is 19.7 Å². The van der Waals surface area contributed by atoms with Gasteiger partial charge in [0.05, 0.1) is 12.8 Å². The van der Waals surface area contributed by atoms with Crippen LogP contribution in [0.3, 0.4) is 0 Å². The van der Waals surface area contributed by atoms with Gasteiger partial charge < -0.3 is 19.7 Å². The molecule has 142 valence electrons. The lowest BCUT2D eigenvalue weighted by Gasteiger charge is -2.39. The molecule has 1 aliphatic heterocycles. The largest absolute Gasteiger partial charge is 0.497 e. The fraction of sp³-hybridized carbons (Fsp3) is 0.333. The van der Waals surface area contributed by atoms with Crippen LogP contribution in [0.5, 0.6) is 11.5 Å². The van der Waals surface area contributed by atoms with Crippen molar-refractivity contribution in [3.8, 4) is 11.5 Å². The first-order valence-electron chi connectivity index (χ1n) is 9.01. The van der Waals surface area contributed by atoms with Crippen LogP contribution in [0.15, 0.2) is 48.5 Å². The van der Waals surface area contributed by atoms with Crippen LogP contribution in [0.25, 0.3) is 0 Å². The topological polar surface area (TPSA) is 67.9 Å². The van der Waals surface area contributed by atoms with Crippen molar-refractivity contribution in [1.29, 1.82) is 0 Å². The number of hydrogen-bond acceptors (Lipinski definition) is 4. The van der Waals surface area contributed by atoms with Crippen LogP contribution in [0, 0.1) is 0 Å². The fourth-order valence-electron chi connectivity index (χ4n) is 3.17. The molecule has 0 aromatic heterocycles. The maximum atomic E-state index is 12.9. The molecule has 3 rings (SSSR count). The molecule has 2 aromatic rings. The van der Waals surface area contributed by atoms with Gasteiger partial charge in [-0.2, -0.15) is 0 Å². The van der Waals surface area contributed by atoms with Crippen molar-refractivity contribution in [2.24, 2.45) is 0 Å². The van der Waals surface area contributed by atoms with E-state index in [9.17, 15) is 9.59 Å². The minimum Gasteiger partial charge on any atom is -0.497 e. The number of fused-ring (bicyclic) bond motifs is 1. The highest BCUT2D eigenvalue weighted by atomic mass is 16.5. The van der Waals surface area contributed by atoms with E-state index in [4.69, 9.17) is 9.47 Å². The van der Waals surface area contributed by atoms with Gasteiger partial charge in [-0.25, -0.2) is 0 Å². The number of nitrogens with one attached hydrogen (secondary N) is 1. The monoisotopic (exact) mass is 368 g/mol. The third kappa shape index (κ3) is 3.60. The Labute approximate surface area is 159 Å². The average molecular weight is 368 g/mol. The predicted molar refractivity (Wildman–Crippen MR) is 103 cm³/mol. The van der Waals surface area contributed by atoms with E-state index in [0.717, 1.165) is 11.3 Å². The summed E-state index contributed by atoms with van der Waals surface area (Å²) in [6.45, 7) is 4.26. The molecule has 0 aliphatic carbocycles. The Hall–Kier alpha value is -3.02. The molecule has 1 aliphatic rings. The van der Waals surface area contributed by atoms with E-state index < -0.39 is 11.5 Å². The molecule has 0 saturated heterocycles. The van der Waals surface area contributed by atoms with Gasteiger partial charge >= 0.3 is 0 Å². The van der Waals surface area contributed by atoms with E-state index in [0.29, 0.717) is 30.9 Å². The van der Waals surface area contributed by atoms with Gasteiger partial charge in [-0.3, -0.25) is 9.59 Å². The molecule has 0 spiro atoms. The van der Waals surface area contributed by atoms with Crippen molar-refractivity contribution in [3.63, 3.8) is 0 Å². The zero-order chi connectivity index (χ0) is 19.4. The van der Waals surface area contributed by atoms with Gasteiger partial charge in [-0.15, -0.1) is 0 Å². The van der Waals surface area contributed by atoms with E-state index in [1.165, 1.54) is 6.92 Å². The van der Waals surface area contributed by atoms with Crippen molar-refractivity contribution >= 4 is 17.5 Å². The third-order valence-corrected chi connectivity index (χ3v) is 4.71. The molecule has 0 saturated carbocycles. The maximum absolute atomic E-state index is 12.9. The highest BCUT2D eigenvalue weighted by molar-refractivity contribution is 6.16. The number of para-hydroxylation sites is 2. The molecule has 2 aromatic carbocycles.